The van der Waals surface area contributed by atoms with Crippen LogP contribution in [0.25, 0.3) is 0 Å². The van der Waals surface area contributed by atoms with Crippen LogP contribution in [0.4, 0.5) is 0 Å². The Labute approximate surface area is 98.8 Å². The largest absolute Gasteiger partial charge is 0.496 e. The van der Waals surface area contributed by atoms with Crippen molar-refractivity contribution in [2.45, 2.75) is 13.0 Å². The van der Waals surface area contributed by atoms with Crippen molar-refractivity contribution >= 4 is 23.1 Å². The van der Waals surface area contributed by atoms with Crippen LogP contribution in [-0.2, 0) is 13.0 Å². The zero-order valence-corrected chi connectivity index (χ0v) is 9.69. The van der Waals surface area contributed by atoms with E-state index in [-0.39, 0.29) is 5.91 Å². The summed E-state index contributed by atoms with van der Waals surface area (Å²) in [6.45, 7) is 0.553. The second-order valence-electron chi connectivity index (χ2n) is 3.65. The number of methoxy groups -OCH3 is 1. The number of carbonyl (C=O) groups is 1. The first-order valence-electron chi connectivity index (χ1n) is 4.88. The van der Waals surface area contributed by atoms with Gasteiger partial charge in [0.2, 0.25) is 0 Å². The number of amides is 1. The minimum atomic E-state index is -0.0538. The van der Waals surface area contributed by atoms with Gasteiger partial charge in [-0.25, -0.2) is 0 Å². The molecular weight excluding hydrogens is 224 g/mol. The lowest BCUT2D eigenvalue weighted by molar-refractivity contribution is 0.0965. The summed E-state index contributed by atoms with van der Waals surface area (Å²) < 4.78 is 5.25. The van der Waals surface area contributed by atoms with E-state index in [4.69, 9.17) is 22.7 Å². The molecule has 0 saturated heterocycles. The summed E-state index contributed by atoms with van der Waals surface area (Å²) in [7, 11) is 1.59. The van der Waals surface area contributed by atoms with Gasteiger partial charge in [0.05, 0.1) is 12.1 Å². The molecule has 0 saturated carbocycles. The number of hydrogen-bond acceptors (Lipinski definition) is 3. The minimum absolute atomic E-state index is 0.0538. The molecule has 0 atom stereocenters. The number of nitrogens with one attached hydrogen (secondary N) is 1. The topological polar surface area (TPSA) is 64.3 Å². The van der Waals surface area contributed by atoms with Gasteiger partial charge in [-0.2, -0.15) is 0 Å². The first kappa shape index (κ1) is 10.9. The third-order valence-corrected chi connectivity index (χ3v) is 2.70. The average Bonchev–Trinajstić information content (AvgIpc) is 2.58. The van der Waals surface area contributed by atoms with Crippen LogP contribution in [0.15, 0.2) is 12.1 Å². The van der Waals surface area contributed by atoms with Crippen molar-refractivity contribution in [3.8, 4) is 5.75 Å². The Hall–Kier alpha value is -1.62. The van der Waals surface area contributed by atoms with Gasteiger partial charge in [-0.05, 0) is 17.7 Å². The van der Waals surface area contributed by atoms with E-state index in [0.717, 1.165) is 16.9 Å². The quantitative estimate of drug-likeness (QED) is 0.761. The summed E-state index contributed by atoms with van der Waals surface area (Å²) in [5, 5.41) is 2.76. The summed E-state index contributed by atoms with van der Waals surface area (Å²) in [5.41, 5.74) is 8.00. The highest BCUT2D eigenvalue weighted by molar-refractivity contribution is 7.80. The zero-order valence-electron chi connectivity index (χ0n) is 8.87. The molecule has 0 aromatic heterocycles. The van der Waals surface area contributed by atoms with E-state index < -0.39 is 0 Å². The molecule has 0 aliphatic carbocycles. The molecule has 1 aliphatic heterocycles. The Balaban J connectivity index is 2.47. The summed E-state index contributed by atoms with van der Waals surface area (Å²) in [5.74, 6) is 0.671. The van der Waals surface area contributed by atoms with Crippen LogP contribution in [0.3, 0.4) is 0 Å². The fraction of sp³-hybridized carbons (Fsp3) is 0.273. The Kier molecular flexibility index (Phi) is 2.78. The number of nitrogens with two attached hydrogens (primary N) is 1. The fourth-order valence-electron chi connectivity index (χ4n) is 1.81. The molecule has 1 amide bonds. The number of carbonyl (C=O) groups excluding carboxylic acids is 1. The van der Waals surface area contributed by atoms with E-state index in [1.165, 1.54) is 0 Å². The van der Waals surface area contributed by atoms with Crippen LogP contribution in [0.5, 0.6) is 5.75 Å². The van der Waals surface area contributed by atoms with Crippen LogP contribution in [0, 0.1) is 0 Å². The van der Waals surface area contributed by atoms with E-state index in [9.17, 15) is 4.79 Å². The minimum Gasteiger partial charge on any atom is -0.496 e. The SMILES string of the molecule is COc1cc2c(cc1CC(N)=S)C(=O)NC2. The molecule has 1 aromatic rings. The van der Waals surface area contributed by atoms with Crippen LogP contribution >= 0.6 is 12.2 Å². The van der Waals surface area contributed by atoms with Gasteiger partial charge in [-0.3, -0.25) is 4.79 Å². The van der Waals surface area contributed by atoms with Crippen molar-refractivity contribution in [1.29, 1.82) is 0 Å². The van der Waals surface area contributed by atoms with Gasteiger partial charge in [0.25, 0.3) is 5.91 Å². The second-order valence-corrected chi connectivity index (χ2v) is 4.17. The van der Waals surface area contributed by atoms with Crippen molar-refractivity contribution in [2.24, 2.45) is 5.73 Å². The number of hydrogen-bond donors (Lipinski definition) is 2. The molecule has 4 nitrogen and oxygen atoms in total. The van der Waals surface area contributed by atoms with Crippen LogP contribution < -0.4 is 15.8 Å². The van der Waals surface area contributed by atoms with Gasteiger partial charge in [0.15, 0.2) is 0 Å². The Morgan fingerprint density at radius 3 is 3.00 bits per heavy atom. The molecule has 2 rings (SSSR count). The normalized spacial score (nSPS) is 13.2. The highest BCUT2D eigenvalue weighted by Gasteiger charge is 2.21. The maximum atomic E-state index is 11.5. The Morgan fingerprint density at radius 1 is 1.62 bits per heavy atom. The molecule has 0 spiro atoms. The molecule has 84 valence electrons. The third-order valence-electron chi connectivity index (χ3n) is 2.55. The van der Waals surface area contributed by atoms with Gasteiger partial charge in [-0.15, -0.1) is 0 Å². The number of fused-ring (bicyclic) bond motifs is 1. The van der Waals surface area contributed by atoms with Crippen molar-refractivity contribution in [2.75, 3.05) is 7.11 Å². The Bertz CT molecular complexity index is 471. The first-order valence-corrected chi connectivity index (χ1v) is 5.29. The summed E-state index contributed by atoms with van der Waals surface area (Å²) >= 11 is 4.86. The monoisotopic (exact) mass is 236 g/mol. The van der Waals surface area contributed by atoms with Crippen molar-refractivity contribution in [3.63, 3.8) is 0 Å². The van der Waals surface area contributed by atoms with Gasteiger partial charge >= 0.3 is 0 Å². The molecule has 1 heterocycles. The van der Waals surface area contributed by atoms with Crippen LogP contribution in [0.1, 0.15) is 21.5 Å². The molecular formula is C11H12N2O2S. The van der Waals surface area contributed by atoms with E-state index in [2.05, 4.69) is 5.32 Å². The summed E-state index contributed by atoms with van der Waals surface area (Å²) in [4.78, 5) is 11.9. The predicted molar refractivity (Wildman–Crippen MR) is 64.7 cm³/mol. The second kappa shape index (κ2) is 4.09. The third kappa shape index (κ3) is 1.86. The Morgan fingerprint density at radius 2 is 2.38 bits per heavy atom. The molecule has 5 heteroatoms. The number of benzene rings is 1. The molecule has 1 aliphatic rings. The van der Waals surface area contributed by atoms with E-state index in [1.54, 1.807) is 13.2 Å². The smallest absolute Gasteiger partial charge is 0.251 e. The van der Waals surface area contributed by atoms with Gasteiger partial charge in [-0.1, -0.05) is 12.2 Å². The lowest BCUT2D eigenvalue weighted by Gasteiger charge is -2.09. The number of rotatable bonds is 3. The molecule has 0 radical (unpaired) electrons. The van der Waals surface area contributed by atoms with Crippen LogP contribution in [-0.4, -0.2) is 18.0 Å². The lowest BCUT2D eigenvalue weighted by Crippen LogP contribution is -2.14. The standard InChI is InChI=1S/C11H12N2O2S/c1-15-9-3-7-5-13-11(14)8(7)2-6(9)4-10(12)16/h2-3H,4-5H2,1H3,(H2,12,16)(H,13,14). The molecule has 1 aromatic carbocycles. The summed E-state index contributed by atoms with van der Waals surface area (Å²) in [6, 6.07) is 3.66. The van der Waals surface area contributed by atoms with Crippen molar-refractivity contribution in [1.82, 2.24) is 5.32 Å². The van der Waals surface area contributed by atoms with E-state index >= 15 is 0 Å². The van der Waals surface area contributed by atoms with Crippen LogP contribution in [0.2, 0.25) is 0 Å². The maximum Gasteiger partial charge on any atom is 0.251 e. The average molecular weight is 236 g/mol. The molecule has 16 heavy (non-hydrogen) atoms. The van der Waals surface area contributed by atoms with Gasteiger partial charge in [0, 0.05) is 24.1 Å². The van der Waals surface area contributed by atoms with E-state index in [0.29, 0.717) is 23.5 Å². The molecule has 0 unspecified atom stereocenters. The van der Waals surface area contributed by atoms with Gasteiger partial charge in [0.1, 0.15) is 5.75 Å². The fourth-order valence-corrected chi connectivity index (χ4v) is 1.97. The zero-order chi connectivity index (χ0) is 11.7. The van der Waals surface area contributed by atoms with Crippen molar-refractivity contribution < 1.29 is 9.53 Å². The molecule has 3 N–H and O–H groups in total. The molecule has 0 fully saturated rings. The maximum absolute atomic E-state index is 11.5. The van der Waals surface area contributed by atoms with Gasteiger partial charge < -0.3 is 15.8 Å². The van der Waals surface area contributed by atoms with E-state index in [1.807, 2.05) is 6.07 Å². The highest BCUT2D eigenvalue weighted by atomic mass is 32.1. The number of ether oxygens (including phenoxy) is 1. The first-order chi connectivity index (χ1) is 7.61. The number of thiocarbonyl (C=S) groups is 1. The lowest BCUT2D eigenvalue weighted by atomic mass is 10.0. The predicted octanol–water partition coefficient (Wildman–Crippen LogP) is 0.767. The highest BCUT2D eigenvalue weighted by Crippen LogP contribution is 2.26. The van der Waals surface area contributed by atoms with Crippen molar-refractivity contribution in [3.05, 3.63) is 28.8 Å². The molecule has 0 bridgehead atoms. The summed E-state index contributed by atoms with van der Waals surface area (Å²) in [6.07, 6.45) is 0.444.